The van der Waals surface area contributed by atoms with Crippen LogP contribution in [-0.4, -0.2) is 39.1 Å². The molecule has 1 saturated heterocycles. The number of amidine groups is 1. The average Bonchev–Trinajstić information content (AvgIpc) is 2.87. The summed E-state index contributed by atoms with van der Waals surface area (Å²) in [7, 11) is 0. The zero-order chi connectivity index (χ0) is 17.2. The lowest BCUT2D eigenvalue weighted by atomic mass is 10.2. The van der Waals surface area contributed by atoms with E-state index in [1.54, 1.807) is 23.9 Å². The molecule has 0 spiro atoms. The summed E-state index contributed by atoms with van der Waals surface area (Å²) < 4.78 is 6.01. The van der Waals surface area contributed by atoms with Crippen molar-refractivity contribution in [3.8, 4) is 0 Å². The summed E-state index contributed by atoms with van der Waals surface area (Å²) in [5, 5.41) is 11.7. The lowest BCUT2D eigenvalue weighted by molar-refractivity contribution is -0.384. The van der Waals surface area contributed by atoms with Crippen molar-refractivity contribution in [2.24, 2.45) is 4.99 Å². The number of nitrogens with zero attached hydrogens (tertiary/aromatic N) is 3. The van der Waals surface area contributed by atoms with Gasteiger partial charge in [-0.2, -0.15) is 0 Å². The van der Waals surface area contributed by atoms with Crippen molar-refractivity contribution in [3.63, 3.8) is 0 Å². The molecule has 0 aliphatic carbocycles. The molecule has 0 bridgehead atoms. The van der Waals surface area contributed by atoms with E-state index in [4.69, 9.17) is 9.73 Å². The Kier molecular flexibility index (Phi) is 5.31. The first-order valence-corrected chi connectivity index (χ1v) is 8.57. The van der Waals surface area contributed by atoms with Crippen molar-refractivity contribution in [3.05, 3.63) is 33.9 Å². The summed E-state index contributed by atoms with van der Waals surface area (Å²) in [6.07, 6.45) is -0.0675. The third kappa shape index (κ3) is 4.68. The SMILES string of the molecule is Cc1cc([N+](=O)[O-])ccc1N=C1SCCN1[C@@H](C)OC(C)(C)C. The van der Waals surface area contributed by atoms with E-state index >= 15 is 0 Å². The average molecular weight is 337 g/mol. The Morgan fingerprint density at radius 2 is 2.13 bits per heavy atom. The van der Waals surface area contributed by atoms with Gasteiger partial charge in [0.2, 0.25) is 0 Å². The number of non-ortho nitro benzene ring substituents is 1. The van der Waals surface area contributed by atoms with Crippen LogP contribution < -0.4 is 0 Å². The molecule has 2 rings (SSSR count). The summed E-state index contributed by atoms with van der Waals surface area (Å²) in [6.45, 7) is 10.8. The Morgan fingerprint density at radius 1 is 1.43 bits per heavy atom. The van der Waals surface area contributed by atoms with Gasteiger partial charge in [0.25, 0.3) is 5.69 Å². The minimum absolute atomic E-state index is 0.0675. The minimum atomic E-state index is -0.389. The van der Waals surface area contributed by atoms with Crippen molar-refractivity contribution >= 4 is 28.3 Å². The molecule has 0 saturated carbocycles. The maximum absolute atomic E-state index is 10.8. The molecule has 0 unspecified atom stereocenters. The van der Waals surface area contributed by atoms with E-state index < -0.39 is 0 Å². The van der Waals surface area contributed by atoms with Gasteiger partial charge in [-0.3, -0.25) is 10.1 Å². The summed E-state index contributed by atoms with van der Waals surface area (Å²) in [4.78, 5) is 17.3. The van der Waals surface area contributed by atoms with Crippen molar-refractivity contribution in [2.45, 2.75) is 46.4 Å². The van der Waals surface area contributed by atoms with Crippen LogP contribution in [0.2, 0.25) is 0 Å². The monoisotopic (exact) mass is 337 g/mol. The largest absolute Gasteiger partial charge is 0.353 e. The zero-order valence-corrected chi connectivity index (χ0v) is 15.0. The molecule has 1 fully saturated rings. The summed E-state index contributed by atoms with van der Waals surface area (Å²) in [6, 6.07) is 4.75. The molecule has 1 aromatic carbocycles. The quantitative estimate of drug-likeness (QED) is 0.611. The normalized spacial score (nSPS) is 18.5. The number of hydrogen-bond acceptors (Lipinski definition) is 5. The second-order valence-electron chi connectivity index (χ2n) is 6.49. The Hall–Kier alpha value is -1.60. The van der Waals surface area contributed by atoms with E-state index in [2.05, 4.69) is 4.90 Å². The lowest BCUT2D eigenvalue weighted by Crippen LogP contribution is -2.40. The first-order chi connectivity index (χ1) is 10.7. The van der Waals surface area contributed by atoms with Gasteiger partial charge in [0.15, 0.2) is 5.17 Å². The van der Waals surface area contributed by atoms with E-state index in [0.717, 1.165) is 28.7 Å². The molecular formula is C16H23N3O3S. The van der Waals surface area contributed by atoms with Crippen LogP contribution in [0.1, 0.15) is 33.3 Å². The molecule has 1 heterocycles. The van der Waals surface area contributed by atoms with Crippen LogP contribution >= 0.6 is 11.8 Å². The van der Waals surface area contributed by atoms with E-state index in [-0.39, 0.29) is 22.4 Å². The highest BCUT2D eigenvalue weighted by atomic mass is 32.2. The first-order valence-electron chi connectivity index (χ1n) is 7.58. The number of benzene rings is 1. The van der Waals surface area contributed by atoms with E-state index in [1.165, 1.54) is 6.07 Å². The Bertz CT molecular complexity index is 625. The van der Waals surface area contributed by atoms with Crippen molar-refractivity contribution in [2.75, 3.05) is 12.3 Å². The molecule has 0 amide bonds. The van der Waals surface area contributed by atoms with Gasteiger partial charge < -0.3 is 9.64 Å². The first kappa shape index (κ1) is 17.7. The minimum Gasteiger partial charge on any atom is -0.353 e. The fourth-order valence-electron chi connectivity index (χ4n) is 2.40. The number of ether oxygens (including phenoxy) is 1. The molecule has 1 aliphatic rings. The lowest BCUT2D eigenvalue weighted by Gasteiger charge is -2.32. The molecule has 23 heavy (non-hydrogen) atoms. The molecule has 1 atom stereocenters. The topological polar surface area (TPSA) is 68.0 Å². The zero-order valence-electron chi connectivity index (χ0n) is 14.2. The summed E-state index contributed by atoms with van der Waals surface area (Å²) >= 11 is 1.68. The number of thioether (sulfide) groups is 1. The standard InChI is InChI=1S/C16H23N3O3S/c1-11-10-13(19(20)21)6-7-14(11)17-15-18(8-9-23-15)12(2)22-16(3,4)5/h6-7,10,12H,8-9H2,1-5H3/t12-/m1/s1. The van der Waals surface area contributed by atoms with Crippen LogP contribution in [0.3, 0.4) is 0 Å². The van der Waals surface area contributed by atoms with Crippen LogP contribution in [-0.2, 0) is 4.74 Å². The van der Waals surface area contributed by atoms with Gasteiger partial charge in [-0.1, -0.05) is 11.8 Å². The van der Waals surface area contributed by atoms with Crippen LogP contribution in [0.15, 0.2) is 23.2 Å². The third-order valence-electron chi connectivity index (χ3n) is 3.38. The predicted molar refractivity (Wildman–Crippen MR) is 94.4 cm³/mol. The van der Waals surface area contributed by atoms with Crippen LogP contribution in [0.4, 0.5) is 11.4 Å². The molecule has 0 aromatic heterocycles. The van der Waals surface area contributed by atoms with Gasteiger partial charge in [-0.15, -0.1) is 0 Å². The second-order valence-corrected chi connectivity index (χ2v) is 7.56. The fraction of sp³-hybridized carbons (Fsp3) is 0.562. The van der Waals surface area contributed by atoms with Crippen LogP contribution in [0.5, 0.6) is 0 Å². The Labute approximate surface area is 141 Å². The van der Waals surface area contributed by atoms with Crippen molar-refractivity contribution < 1.29 is 9.66 Å². The van der Waals surface area contributed by atoms with Crippen LogP contribution in [0.25, 0.3) is 0 Å². The number of nitro benzene ring substituents is 1. The molecular weight excluding hydrogens is 314 g/mol. The summed E-state index contributed by atoms with van der Waals surface area (Å²) in [5.41, 5.74) is 1.42. The van der Waals surface area contributed by atoms with Gasteiger partial charge in [-0.05, 0) is 46.2 Å². The van der Waals surface area contributed by atoms with Crippen molar-refractivity contribution in [1.82, 2.24) is 4.90 Å². The molecule has 0 N–H and O–H groups in total. The second kappa shape index (κ2) is 6.88. The molecule has 1 aromatic rings. The van der Waals surface area contributed by atoms with Gasteiger partial charge in [-0.25, -0.2) is 4.99 Å². The fourth-order valence-corrected chi connectivity index (χ4v) is 3.44. The Morgan fingerprint density at radius 3 is 2.70 bits per heavy atom. The third-order valence-corrected chi connectivity index (χ3v) is 4.35. The molecule has 6 nitrogen and oxygen atoms in total. The highest BCUT2D eigenvalue weighted by molar-refractivity contribution is 8.14. The predicted octanol–water partition coefficient (Wildman–Crippen LogP) is 4.10. The smallest absolute Gasteiger partial charge is 0.269 e. The van der Waals surface area contributed by atoms with Gasteiger partial charge in [0.05, 0.1) is 16.2 Å². The Balaban J connectivity index is 2.22. The number of nitro groups is 1. The molecule has 126 valence electrons. The number of rotatable bonds is 4. The number of aliphatic imine (C=N–C) groups is 1. The molecule has 0 radical (unpaired) electrons. The maximum atomic E-state index is 10.8. The molecule has 7 heteroatoms. The number of aryl methyl sites for hydroxylation is 1. The van der Waals surface area contributed by atoms with Gasteiger partial charge in [0.1, 0.15) is 6.23 Å². The molecule has 1 aliphatic heterocycles. The van der Waals surface area contributed by atoms with E-state index in [9.17, 15) is 10.1 Å². The van der Waals surface area contributed by atoms with E-state index in [1.807, 2.05) is 34.6 Å². The van der Waals surface area contributed by atoms with Crippen molar-refractivity contribution in [1.29, 1.82) is 0 Å². The van der Waals surface area contributed by atoms with Gasteiger partial charge in [0, 0.05) is 24.4 Å². The van der Waals surface area contributed by atoms with E-state index in [0.29, 0.717) is 0 Å². The summed E-state index contributed by atoms with van der Waals surface area (Å²) in [5.74, 6) is 0.961. The van der Waals surface area contributed by atoms with Crippen LogP contribution in [0, 0.1) is 17.0 Å². The highest BCUT2D eigenvalue weighted by Crippen LogP contribution is 2.29. The van der Waals surface area contributed by atoms with Gasteiger partial charge >= 0.3 is 0 Å². The highest BCUT2D eigenvalue weighted by Gasteiger charge is 2.28. The maximum Gasteiger partial charge on any atom is 0.269 e. The number of hydrogen-bond donors (Lipinski definition) is 0.